The van der Waals surface area contributed by atoms with Crippen molar-refractivity contribution in [3.05, 3.63) is 47.7 Å². The third-order valence-electron chi connectivity index (χ3n) is 4.08. The number of carbonyl (C=O) groups excluding carboxylic acids is 2. The number of rotatable bonds is 5. The summed E-state index contributed by atoms with van der Waals surface area (Å²) in [5.41, 5.74) is 0.864. The van der Waals surface area contributed by atoms with Crippen LogP contribution in [0.25, 0.3) is 0 Å². The Kier molecular flexibility index (Phi) is 5.23. The van der Waals surface area contributed by atoms with E-state index in [1.807, 2.05) is 11.8 Å². The van der Waals surface area contributed by atoms with Crippen molar-refractivity contribution in [2.24, 2.45) is 0 Å². The molecule has 0 radical (unpaired) electrons. The van der Waals surface area contributed by atoms with Crippen LogP contribution in [0.3, 0.4) is 0 Å². The Morgan fingerprint density at radius 2 is 1.96 bits per heavy atom. The zero-order valence-electron chi connectivity index (χ0n) is 14.1. The molecule has 1 aromatic carbocycles. The fourth-order valence-electron chi connectivity index (χ4n) is 2.79. The monoisotopic (exact) mass is 340 g/mol. The average Bonchev–Trinajstić information content (AvgIpc) is 2.68. The predicted octanol–water partition coefficient (Wildman–Crippen LogP) is 1.65. The summed E-state index contributed by atoms with van der Waals surface area (Å²) >= 11 is 0. The molecular formula is C18H20N4O3. The first-order valence-corrected chi connectivity index (χ1v) is 8.27. The molecule has 7 heteroatoms. The quantitative estimate of drug-likeness (QED) is 0.771. The van der Waals surface area contributed by atoms with Crippen LogP contribution in [-0.2, 0) is 0 Å². The van der Waals surface area contributed by atoms with Gasteiger partial charge < -0.3 is 14.5 Å². The molecule has 1 amide bonds. The number of hydrogen-bond acceptors (Lipinski definition) is 6. The average molecular weight is 340 g/mol. The van der Waals surface area contributed by atoms with E-state index in [0.29, 0.717) is 55.7 Å². The van der Waals surface area contributed by atoms with Crippen LogP contribution in [0.5, 0.6) is 5.88 Å². The van der Waals surface area contributed by atoms with E-state index in [-0.39, 0.29) is 5.91 Å². The van der Waals surface area contributed by atoms with Crippen LogP contribution < -0.4 is 9.64 Å². The molecule has 0 bridgehead atoms. The number of anilines is 1. The third-order valence-corrected chi connectivity index (χ3v) is 4.08. The summed E-state index contributed by atoms with van der Waals surface area (Å²) in [6.07, 6.45) is 2.39. The molecule has 1 aliphatic rings. The van der Waals surface area contributed by atoms with E-state index < -0.39 is 0 Å². The summed E-state index contributed by atoms with van der Waals surface area (Å²) in [4.78, 5) is 36.2. The van der Waals surface area contributed by atoms with E-state index in [1.165, 1.54) is 0 Å². The van der Waals surface area contributed by atoms with Crippen LogP contribution in [0.4, 0.5) is 5.95 Å². The minimum absolute atomic E-state index is 0.119. The number of piperazine rings is 1. The van der Waals surface area contributed by atoms with Crippen molar-refractivity contribution in [2.45, 2.75) is 6.92 Å². The van der Waals surface area contributed by atoms with Crippen molar-refractivity contribution in [2.75, 3.05) is 37.7 Å². The lowest BCUT2D eigenvalue weighted by Gasteiger charge is -2.35. The maximum Gasteiger partial charge on any atom is 0.254 e. The van der Waals surface area contributed by atoms with Crippen molar-refractivity contribution in [1.29, 1.82) is 0 Å². The summed E-state index contributed by atoms with van der Waals surface area (Å²) in [6.45, 7) is 4.82. The van der Waals surface area contributed by atoms with Crippen LogP contribution in [0, 0.1) is 0 Å². The van der Waals surface area contributed by atoms with E-state index in [4.69, 9.17) is 4.74 Å². The number of ether oxygens (including phenoxy) is 1. The third kappa shape index (κ3) is 3.76. The largest absolute Gasteiger partial charge is 0.478 e. The first-order chi connectivity index (χ1) is 12.2. The highest BCUT2D eigenvalue weighted by Gasteiger charge is 2.24. The molecule has 0 N–H and O–H groups in total. The van der Waals surface area contributed by atoms with E-state index >= 15 is 0 Å². The number of aldehydes is 1. The standard InChI is InChI=1S/C18H20N4O3/c1-2-25-16-7-8-19-18(20-16)22-11-9-21(10-12-22)17(24)15-6-4-3-5-14(15)13-23/h3-8,13H,2,9-12H2,1H3. The molecule has 1 fully saturated rings. The van der Waals surface area contributed by atoms with E-state index in [2.05, 4.69) is 9.97 Å². The zero-order chi connectivity index (χ0) is 17.6. The lowest BCUT2D eigenvalue weighted by molar-refractivity contribution is 0.0743. The fraction of sp³-hybridized carbons (Fsp3) is 0.333. The molecule has 0 atom stereocenters. The Hall–Kier alpha value is -2.96. The molecule has 1 aromatic heterocycles. The van der Waals surface area contributed by atoms with Crippen molar-refractivity contribution in [3.63, 3.8) is 0 Å². The van der Waals surface area contributed by atoms with Gasteiger partial charge in [-0.1, -0.05) is 18.2 Å². The molecule has 7 nitrogen and oxygen atoms in total. The fourth-order valence-corrected chi connectivity index (χ4v) is 2.79. The lowest BCUT2D eigenvalue weighted by Crippen LogP contribution is -2.49. The van der Waals surface area contributed by atoms with Gasteiger partial charge in [0.2, 0.25) is 11.8 Å². The number of amides is 1. The van der Waals surface area contributed by atoms with Gasteiger partial charge >= 0.3 is 0 Å². The second kappa shape index (κ2) is 7.74. The first-order valence-electron chi connectivity index (χ1n) is 8.27. The molecule has 0 aliphatic carbocycles. The molecule has 0 saturated carbocycles. The molecule has 2 heterocycles. The molecule has 25 heavy (non-hydrogen) atoms. The highest BCUT2D eigenvalue weighted by atomic mass is 16.5. The van der Waals surface area contributed by atoms with Crippen LogP contribution >= 0.6 is 0 Å². The second-order valence-electron chi connectivity index (χ2n) is 5.61. The van der Waals surface area contributed by atoms with Crippen LogP contribution in [0.1, 0.15) is 27.6 Å². The van der Waals surface area contributed by atoms with Gasteiger partial charge in [0, 0.05) is 44.0 Å². The minimum Gasteiger partial charge on any atom is -0.478 e. The van der Waals surface area contributed by atoms with Crippen molar-refractivity contribution in [1.82, 2.24) is 14.9 Å². The van der Waals surface area contributed by atoms with Gasteiger partial charge in [-0.15, -0.1) is 0 Å². The van der Waals surface area contributed by atoms with Crippen LogP contribution in [0.2, 0.25) is 0 Å². The second-order valence-corrected chi connectivity index (χ2v) is 5.61. The Balaban J connectivity index is 1.66. The molecule has 1 saturated heterocycles. The number of carbonyl (C=O) groups is 2. The van der Waals surface area contributed by atoms with Gasteiger partial charge in [0.25, 0.3) is 5.91 Å². The highest BCUT2D eigenvalue weighted by Crippen LogP contribution is 2.17. The van der Waals surface area contributed by atoms with Gasteiger partial charge in [-0.25, -0.2) is 4.98 Å². The van der Waals surface area contributed by atoms with Crippen molar-refractivity contribution >= 4 is 18.1 Å². The zero-order valence-corrected chi connectivity index (χ0v) is 14.1. The lowest BCUT2D eigenvalue weighted by atomic mass is 10.1. The topological polar surface area (TPSA) is 75.6 Å². The minimum atomic E-state index is -0.119. The normalized spacial score (nSPS) is 14.3. The Morgan fingerprint density at radius 3 is 2.68 bits per heavy atom. The number of hydrogen-bond donors (Lipinski definition) is 0. The Bertz CT molecular complexity index is 757. The first kappa shape index (κ1) is 16.9. The Labute approximate surface area is 146 Å². The molecular weight excluding hydrogens is 320 g/mol. The molecule has 3 rings (SSSR count). The maximum absolute atomic E-state index is 12.7. The molecule has 1 aliphatic heterocycles. The molecule has 2 aromatic rings. The summed E-state index contributed by atoms with van der Waals surface area (Å²) < 4.78 is 5.40. The summed E-state index contributed by atoms with van der Waals surface area (Å²) in [6, 6.07) is 8.59. The smallest absolute Gasteiger partial charge is 0.254 e. The number of benzene rings is 1. The summed E-state index contributed by atoms with van der Waals surface area (Å²) in [5, 5.41) is 0. The highest BCUT2D eigenvalue weighted by molar-refractivity contribution is 6.01. The van der Waals surface area contributed by atoms with Crippen molar-refractivity contribution in [3.8, 4) is 5.88 Å². The van der Waals surface area contributed by atoms with E-state index in [0.717, 1.165) is 6.29 Å². The van der Waals surface area contributed by atoms with Gasteiger partial charge in [0.1, 0.15) is 0 Å². The molecule has 0 spiro atoms. The van der Waals surface area contributed by atoms with Crippen LogP contribution in [0.15, 0.2) is 36.5 Å². The van der Waals surface area contributed by atoms with Crippen molar-refractivity contribution < 1.29 is 14.3 Å². The number of aromatic nitrogens is 2. The number of nitrogens with zero attached hydrogens (tertiary/aromatic N) is 4. The predicted molar refractivity (Wildman–Crippen MR) is 93.1 cm³/mol. The molecule has 0 unspecified atom stereocenters. The SMILES string of the molecule is CCOc1ccnc(N2CCN(C(=O)c3ccccc3C=O)CC2)n1. The molecule has 130 valence electrons. The Morgan fingerprint density at radius 1 is 1.20 bits per heavy atom. The summed E-state index contributed by atoms with van der Waals surface area (Å²) in [5.74, 6) is 1.03. The summed E-state index contributed by atoms with van der Waals surface area (Å²) in [7, 11) is 0. The maximum atomic E-state index is 12.7. The van der Waals surface area contributed by atoms with Gasteiger partial charge in [-0.05, 0) is 13.0 Å². The van der Waals surface area contributed by atoms with Gasteiger partial charge in [0.05, 0.1) is 12.2 Å². The van der Waals surface area contributed by atoms with Gasteiger partial charge in [0.15, 0.2) is 6.29 Å². The van der Waals surface area contributed by atoms with E-state index in [1.54, 1.807) is 41.4 Å². The van der Waals surface area contributed by atoms with Gasteiger partial charge in [-0.3, -0.25) is 9.59 Å². The van der Waals surface area contributed by atoms with E-state index in [9.17, 15) is 9.59 Å². The van der Waals surface area contributed by atoms with Gasteiger partial charge in [-0.2, -0.15) is 4.98 Å². The van der Waals surface area contributed by atoms with Crippen LogP contribution in [-0.4, -0.2) is 59.8 Å².